The van der Waals surface area contributed by atoms with Crippen LogP contribution in [0.1, 0.15) is 18.2 Å². The van der Waals surface area contributed by atoms with Gasteiger partial charge >= 0.3 is 0 Å². The highest BCUT2D eigenvalue weighted by atomic mass is 79.9. The number of hydrogen-bond donors (Lipinski definition) is 1. The van der Waals surface area contributed by atoms with Crippen molar-refractivity contribution in [2.45, 2.75) is 13.8 Å². The molecule has 136 valence electrons. The minimum atomic E-state index is -0.428. The lowest BCUT2D eigenvalue weighted by Gasteiger charge is -2.07. The van der Waals surface area contributed by atoms with E-state index in [1.54, 1.807) is 25.1 Å². The zero-order valence-electron chi connectivity index (χ0n) is 14.7. The monoisotopic (exact) mass is 425 g/mol. The largest absolute Gasteiger partial charge is 0.270 e. The van der Waals surface area contributed by atoms with Gasteiger partial charge in [-0.1, -0.05) is 40.2 Å². The predicted molar refractivity (Wildman–Crippen MR) is 109 cm³/mol. The molecule has 1 heterocycles. The highest BCUT2D eigenvalue weighted by molar-refractivity contribution is 9.10. The maximum Gasteiger partial charge on any atom is 0.270 e. The van der Waals surface area contributed by atoms with Gasteiger partial charge in [0.25, 0.3) is 5.69 Å². The van der Waals surface area contributed by atoms with Crippen LogP contribution in [0.25, 0.3) is 11.4 Å². The van der Waals surface area contributed by atoms with Gasteiger partial charge in [0.05, 0.1) is 10.6 Å². The van der Waals surface area contributed by atoms with Crippen LogP contribution in [0.3, 0.4) is 0 Å². The fourth-order valence-electron chi connectivity index (χ4n) is 2.40. The van der Waals surface area contributed by atoms with Crippen molar-refractivity contribution in [3.63, 3.8) is 0 Å². The number of nitrogens with one attached hydrogen (secondary N) is 1. The van der Waals surface area contributed by atoms with Gasteiger partial charge in [0.1, 0.15) is 0 Å². The topological polar surface area (TPSA) is 93.3 Å². The van der Waals surface area contributed by atoms with Crippen molar-refractivity contribution in [3.05, 3.63) is 80.4 Å². The molecule has 27 heavy (non-hydrogen) atoms. The summed E-state index contributed by atoms with van der Waals surface area (Å²) in [5.74, 6) is 1.14. The van der Waals surface area contributed by atoms with Crippen molar-refractivity contribution in [1.82, 2.24) is 9.97 Å². The number of nitro groups is 1. The number of hydrazone groups is 1. The van der Waals surface area contributed by atoms with E-state index in [9.17, 15) is 10.1 Å². The number of nitrogens with zero attached hydrogens (tertiary/aromatic N) is 4. The van der Waals surface area contributed by atoms with Crippen LogP contribution >= 0.6 is 15.9 Å². The van der Waals surface area contributed by atoms with Gasteiger partial charge in [-0.05, 0) is 26.0 Å². The van der Waals surface area contributed by atoms with Crippen molar-refractivity contribution < 1.29 is 4.92 Å². The molecule has 0 saturated carbocycles. The Bertz CT molecular complexity index is 1020. The molecule has 0 unspecified atom stereocenters. The fourth-order valence-corrected chi connectivity index (χ4v) is 2.67. The molecule has 0 atom stereocenters. The lowest BCUT2D eigenvalue weighted by molar-refractivity contribution is -0.384. The predicted octanol–water partition coefficient (Wildman–Crippen LogP) is 4.96. The van der Waals surface area contributed by atoms with Gasteiger partial charge in [-0.3, -0.25) is 15.5 Å². The molecule has 0 saturated heterocycles. The Hall–Kier alpha value is -3.13. The number of halogens is 1. The quantitative estimate of drug-likeness (QED) is 0.354. The van der Waals surface area contributed by atoms with Gasteiger partial charge in [0, 0.05) is 39.5 Å². The molecule has 0 radical (unpaired) electrons. The van der Waals surface area contributed by atoms with Crippen LogP contribution < -0.4 is 5.43 Å². The highest BCUT2D eigenvalue weighted by Crippen LogP contribution is 2.21. The van der Waals surface area contributed by atoms with Crippen LogP contribution in [-0.4, -0.2) is 20.6 Å². The molecule has 2 aromatic carbocycles. The van der Waals surface area contributed by atoms with Gasteiger partial charge in [-0.25, -0.2) is 9.97 Å². The second-order valence-electron chi connectivity index (χ2n) is 5.84. The Morgan fingerprint density at radius 3 is 2.59 bits per heavy atom. The first-order chi connectivity index (χ1) is 12.9. The number of hydrogen-bond acceptors (Lipinski definition) is 6. The fraction of sp³-hybridized carbons (Fsp3) is 0.105. The Morgan fingerprint density at radius 1 is 1.15 bits per heavy atom. The molecular weight excluding hydrogens is 410 g/mol. The number of aromatic nitrogens is 2. The molecule has 0 amide bonds. The van der Waals surface area contributed by atoms with Crippen molar-refractivity contribution in [2.75, 3.05) is 5.43 Å². The summed E-state index contributed by atoms with van der Waals surface area (Å²) in [4.78, 5) is 19.4. The summed E-state index contributed by atoms with van der Waals surface area (Å²) in [5, 5.41) is 15.2. The third-order valence-corrected chi connectivity index (χ3v) is 4.30. The van der Waals surface area contributed by atoms with Gasteiger partial charge in [0.2, 0.25) is 0 Å². The van der Waals surface area contributed by atoms with E-state index in [-0.39, 0.29) is 5.69 Å². The maximum absolute atomic E-state index is 10.9. The van der Waals surface area contributed by atoms with E-state index in [0.717, 1.165) is 15.7 Å². The van der Waals surface area contributed by atoms with Crippen molar-refractivity contribution >= 4 is 33.1 Å². The molecule has 0 aliphatic carbocycles. The zero-order valence-corrected chi connectivity index (χ0v) is 16.3. The van der Waals surface area contributed by atoms with Crippen LogP contribution in [0.5, 0.6) is 0 Å². The number of nitro benzene ring substituents is 1. The van der Waals surface area contributed by atoms with E-state index in [1.165, 1.54) is 12.1 Å². The lowest BCUT2D eigenvalue weighted by atomic mass is 10.1. The maximum atomic E-state index is 10.9. The molecular formula is C19H16BrN5O2. The van der Waals surface area contributed by atoms with Crippen LogP contribution in [0.4, 0.5) is 11.5 Å². The summed E-state index contributed by atoms with van der Waals surface area (Å²) in [6.45, 7) is 3.65. The number of non-ortho nitro benzene ring substituents is 1. The standard InChI is InChI=1S/C19H16BrN5O2/c1-12-10-18(22-19(21-12)14-6-8-16(20)9-7-14)24-23-13(2)15-4-3-5-17(11-15)25(26)27/h3-11H,1-2H3,(H,21,22,24)/b23-13-. The SMILES string of the molecule is C/C(=N/Nc1cc(C)nc(-c2ccc(Br)cc2)n1)c1cccc([N+](=O)[O-])c1. The van der Waals surface area contributed by atoms with Gasteiger partial charge in [0.15, 0.2) is 11.6 Å². The molecule has 0 aliphatic heterocycles. The minimum absolute atomic E-state index is 0.0254. The Morgan fingerprint density at radius 2 is 1.89 bits per heavy atom. The van der Waals surface area contributed by atoms with Crippen LogP contribution in [0, 0.1) is 17.0 Å². The molecule has 0 spiro atoms. The van der Waals surface area contributed by atoms with E-state index in [4.69, 9.17) is 0 Å². The summed E-state index contributed by atoms with van der Waals surface area (Å²) in [6, 6.07) is 15.8. The molecule has 3 aromatic rings. The van der Waals surface area contributed by atoms with E-state index >= 15 is 0 Å². The van der Waals surface area contributed by atoms with Crippen molar-refractivity contribution in [2.24, 2.45) is 5.10 Å². The lowest BCUT2D eigenvalue weighted by Crippen LogP contribution is -2.03. The highest BCUT2D eigenvalue weighted by Gasteiger charge is 2.08. The van der Waals surface area contributed by atoms with Gasteiger partial charge < -0.3 is 0 Å². The van der Waals surface area contributed by atoms with Crippen LogP contribution in [0.15, 0.2) is 64.2 Å². The van der Waals surface area contributed by atoms with E-state index in [1.807, 2.05) is 31.2 Å². The number of benzene rings is 2. The Kier molecular flexibility index (Phi) is 5.56. The second-order valence-corrected chi connectivity index (χ2v) is 6.76. The Labute approximate surface area is 164 Å². The van der Waals surface area contributed by atoms with E-state index in [0.29, 0.717) is 22.9 Å². The first-order valence-electron chi connectivity index (χ1n) is 8.09. The molecule has 0 aliphatic rings. The molecule has 3 rings (SSSR count). The van der Waals surface area contributed by atoms with Crippen LogP contribution in [0.2, 0.25) is 0 Å². The smallest absolute Gasteiger partial charge is 0.261 e. The molecule has 0 bridgehead atoms. The summed E-state index contributed by atoms with van der Waals surface area (Å²) in [6.07, 6.45) is 0. The minimum Gasteiger partial charge on any atom is -0.261 e. The summed E-state index contributed by atoms with van der Waals surface area (Å²) < 4.78 is 0.981. The van der Waals surface area contributed by atoms with Crippen molar-refractivity contribution in [3.8, 4) is 11.4 Å². The van der Waals surface area contributed by atoms with Gasteiger partial charge in [-0.2, -0.15) is 5.10 Å². The third-order valence-electron chi connectivity index (χ3n) is 3.77. The first-order valence-corrected chi connectivity index (χ1v) is 8.88. The van der Waals surface area contributed by atoms with Crippen LogP contribution in [-0.2, 0) is 0 Å². The first kappa shape index (κ1) is 18.7. The molecule has 1 N–H and O–H groups in total. The average molecular weight is 426 g/mol. The second kappa shape index (κ2) is 8.05. The number of rotatable bonds is 5. The van der Waals surface area contributed by atoms with E-state index < -0.39 is 4.92 Å². The summed E-state index contributed by atoms with van der Waals surface area (Å²) >= 11 is 3.41. The molecule has 1 aromatic heterocycles. The molecule has 7 nitrogen and oxygen atoms in total. The van der Waals surface area contributed by atoms with E-state index in [2.05, 4.69) is 36.4 Å². The normalized spacial score (nSPS) is 11.3. The Balaban J connectivity index is 1.85. The zero-order chi connectivity index (χ0) is 19.4. The average Bonchev–Trinajstić information content (AvgIpc) is 2.66. The van der Waals surface area contributed by atoms with Crippen molar-refractivity contribution in [1.29, 1.82) is 0 Å². The molecule has 0 fully saturated rings. The summed E-state index contributed by atoms with van der Waals surface area (Å²) in [5.41, 5.74) is 5.90. The van der Waals surface area contributed by atoms with Gasteiger partial charge in [-0.15, -0.1) is 0 Å². The molecule has 8 heteroatoms. The third kappa shape index (κ3) is 4.73. The summed E-state index contributed by atoms with van der Waals surface area (Å²) in [7, 11) is 0. The number of aryl methyl sites for hydroxylation is 1. The number of anilines is 1.